The fourth-order valence-corrected chi connectivity index (χ4v) is 4.02. The molecule has 0 saturated heterocycles. The fraction of sp³-hybridized carbons (Fsp3) is 0.304. The second-order valence-corrected chi connectivity index (χ2v) is 7.42. The number of hydrogen-bond donors (Lipinski definition) is 0. The van der Waals surface area contributed by atoms with Crippen LogP contribution in [-0.2, 0) is 20.9 Å². The number of hydrogen-bond acceptors (Lipinski definition) is 3. The fourth-order valence-electron chi connectivity index (χ4n) is 3.82. The Morgan fingerprint density at radius 2 is 1.96 bits per heavy atom. The second kappa shape index (κ2) is 8.61. The standard InChI is InChI=1S/C23H24ClNO3/c1-4-20-22(23(27)28-3)19(17-9-6-10-18(24)12-17)13-21(26)25(20)14-16-8-5-7-15(2)11-16/h5-12,19H,4,13-14H2,1-3H3/t19-/m1/s1. The van der Waals surface area contributed by atoms with Gasteiger partial charge in [0, 0.05) is 23.1 Å². The van der Waals surface area contributed by atoms with Gasteiger partial charge in [-0.15, -0.1) is 0 Å². The Hall–Kier alpha value is -2.59. The number of allylic oxidation sites excluding steroid dienone is 1. The lowest BCUT2D eigenvalue weighted by Crippen LogP contribution is -2.38. The van der Waals surface area contributed by atoms with Crippen LogP contribution in [0, 0.1) is 6.92 Å². The summed E-state index contributed by atoms with van der Waals surface area (Å²) >= 11 is 6.16. The smallest absolute Gasteiger partial charge is 0.336 e. The number of aryl methyl sites for hydroxylation is 1. The lowest BCUT2D eigenvalue weighted by atomic mass is 9.82. The van der Waals surface area contributed by atoms with Crippen LogP contribution in [0.25, 0.3) is 0 Å². The summed E-state index contributed by atoms with van der Waals surface area (Å²) in [5.41, 5.74) is 4.27. The number of nitrogens with zero attached hydrogens (tertiary/aromatic N) is 1. The van der Waals surface area contributed by atoms with Crippen molar-refractivity contribution in [1.29, 1.82) is 0 Å². The molecule has 1 heterocycles. The number of carbonyl (C=O) groups excluding carboxylic acids is 2. The van der Waals surface area contributed by atoms with Gasteiger partial charge in [-0.25, -0.2) is 4.79 Å². The van der Waals surface area contributed by atoms with Gasteiger partial charge >= 0.3 is 5.97 Å². The molecule has 0 N–H and O–H groups in total. The molecule has 0 aliphatic carbocycles. The van der Waals surface area contributed by atoms with Crippen molar-refractivity contribution in [3.63, 3.8) is 0 Å². The third-order valence-corrected chi connectivity index (χ3v) is 5.31. The quantitative estimate of drug-likeness (QED) is 0.667. The van der Waals surface area contributed by atoms with Gasteiger partial charge in [-0.1, -0.05) is 60.5 Å². The molecule has 1 atom stereocenters. The molecule has 0 unspecified atom stereocenters. The summed E-state index contributed by atoms with van der Waals surface area (Å²) in [6.45, 7) is 4.41. The maximum Gasteiger partial charge on any atom is 0.336 e. The van der Waals surface area contributed by atoms with Crippen LogP contribution >= 0.6 is 11.6 Å². The monoisotopic (exact) mass is 397 g/mol. The normalized spacial score (nSPS) is 17.1. The van der Waals surface area contributed by atoms with Gasteiger partial charge in [0.15, 0.2) is 0 Å². The van der Waals surface area contributed by atoms with Crippen molar-refractivity contribution in [2.75, 3.05) is 7.11 Å². The highest BCUT2D eigenvalue weighted by Crippen LogP contribution is 2.39. The molecule has 1 aliphatic heterocycles. The summed E-state index contributed by atoms with van der Waals surface area (Å²) in [5, 5.41) is 0.578. The van der Waals surface area contributed by atoms with E-state index in [4.69, 9.17) is 16.3 Å². The van der Waals surface area contributed by atoms with Crippen molar-refractivity contribution < 1.29 is 14.3 Å². The Labute approximate surface area is 170 Å². The topological polar surface area (TPSA) is 46.6 Å². The van der Waals surface area contributed by atoms with Crippen molar-refractivity contribution in [2.24, 2.45) is 0 Å². The first-order valence-corrected chi connectivity index (χ1v) is 9.75. The van der Waals surface area contributed by atoms with Crippen molar-refractivity contribution in [1.82, 2.24) is 4.90 Å². The number of ether oxygens (including phenoxy) is 1. The third-order valence-electron chi connectivity index (χ3n) is 5.08. The van der Waals surface area contributed by atoms with E-state index in [1.165, 1.54) is 7.11 Å². The van der Waals surface area contributed by atoms with Gasteiger partial charge in [0.2, 0.25) is 5.91 Å². The molecule has 0 bridgehead atoms. The minimum Gasteiger partial charge on any atom is -0.466 e. The molecular formula is C23H24ClNO3. The van der Waals surface area contributed by atoms with Crippen LogP contribution in [0.5, 0.6) is 0 Å². The Morgan fingerprint density at radius 1 is 1.21 bits per heavy atom. The van der Waals surface area contributed by atoms with E-state index >= 15 is 0 Å². The molecule has 2 aromatic carbocycles. The van der Waals surface area contributed by atoms with Gasteiger partial charge in [0.25, 0.3) is 0 Å². The highest BCUT2D eigenvalue weighted by molar-refractivity contribution is 6.30. The van der Waals surface area contributed by atoms with E-state index in [9.17, 15) is 9.59 Å². The molecule has 3 rings (SSSR count). The van der Waals surface area contributed by atoms with E-state index in [1.807, 2.05) is 50.2 Å². The highest BCUT2D eigenvalue weighted by atomic mass is 35.5. The molecule has 0 aromatic heterocycles. The van der Waals surface area contributed by atoms with Crippen LogP contribution in [0.4, 0.5) is 0 Å². The predicted octanol–water partition coefficient (Wildman–Crippen LogP) is 5.00. The van der Waals surface area contributed by atoms with E-state index in [2.05, 4.69) is 6.07 Å². The Morgan fingerprint density at radius 3 is 2.61 bits per heavy atom. The molecule has 1 aliphatic rings. The van der Waals surface area contributed by atoms with Gasteiger partial charge in [0.1, 0.15) is 0 Å². The minimum absolute atomic E-state index is 0.00372. The third kappa shape index (κ3) is 4.12. The highest BCUT2D eigenvalue weighted by Gasteiger charge is 2.37. The van der Waals surface area contributed by atoms with E-state index in [0.717, 1.165) is 22.4 Å². The summed E-state index contributed by atoms with van der Waals surface area (Å²) in [5.74, 6) is -0.762. The van der Waals surface area contributed by atoms with Crippen LogP contribution in [-0.4, -0.2) is 23.9 Å². The van der Waals surface area contributed by atoms with Gasteiger partial charge in [-0.05, 0) is 36.6 Å². The molecule has 2 aromatic rings. The summed E-state index contributed by atoms with van der Waals surface area (Å²) in [6, 6.07) is 15.4. The number of esters is 1. The van der Waals surface area contributed by atoms with Crippen LogP contribution < -0.4 is 0 Å². The molecular weight excluding hydrogens is 374 g/mol. The van der Waals surface area contributed by atoms with E-state index in [0.29, 0.717) is 23.6 Å². The number of benzene rings is 2. The summed E-state index contributed by atoms with van der Waals surface area (Å²) in [7, 11) is 1.37. The molecule has 4 nitrogen and oxygen atoms in total. The van der Waals surface area contributed by atoms with Gasteiger partial charge < -0.3 is 9.64 Å². The van der Waals surface area contributed by atoms with Crippen molar-refractivity contribution in [3.8, 4) is 0 Å². The molecule has 28 heavy (non-hydrogen) atoms. The molecule has 0 fully saturated rings. The van der Waals surface area contributed by atoms with Crippen molar-refractivity contribution in [2.45, 2.75) is 39.2 Å². The van der Waals surface area contributed by atoms with Crippen LogP contribution in [0.2, 0.25) is 5.02 Å². The summed E-state index contributed by atoms with van der Waals surface area (Å²) in [4.78, 5) is 27.5. The molecule has 0 saturated carbocycles. The molecule has 5 heteroatoms. The molecule has 0 spiro atoms. The van der Waals surface area contributed by atoms with Crippen LogP contribution in [0.15, 0.2) is 59.8 Å². The van der Waals surface area contributed by atoms with Crippen LogP contribution in [0.3, 0.4) is 0 Å². The van der Waals surface area contributed by atoms with E-state index in [1.54, 1.807) is 11.0 Å². The lowest BCUT2D eigenvalue weighted by molar-refractivity contribution is -0.138. The van der Waals surface area contributed by atoms with Crippen molar-refractivity contribution >= 4 is 23.5 Å². The van der Waals surface area contributed by atoms with Gasteiger partial charge in [-0.3, -0.25) is 4.79 Å². The number of amides is 1. The SMILES string of the molecule is CCC1=C(C(=O)OC)[C@@H](c2cccc(Cl)c2)CC(=O)N1Cc1cccc(C)c1. The first kappa shape index (κ1) is 20.2. The maximum absolute atomic E-state index is 13.1. The zero-order valence-electron chi connectivity index (χ0n) is 16.4. The molecule has 146 valence electrons. The van der Waals surface area contributed by atoms with Crippen LogP contribution in [0.1, 0.15) is 42.4 Å². The Bertz CT molecular complexity index is 935. The zero-order valence-corrected chi connectivity index (χ0v) is 17.1. The summed E-state index contributed by atoms with van der Waals surface area (Å²) in [6.07, 6.45) is 0.763. The first-order chi connectivity index (χ1) is 13.4. The Kier molecular flexibility index (Phi) is 6.20. The zero-order chi connectivity index (χ0) is 20.3. The maximum atomic E-state index is 13.1. The lowest BCUT2D eigenvalue weighted by Gasteiger charge is -2.35. The minimum atomic E-state index is -0.399. The largest absolute Gasteiger partial charge is 0.466 e. The van der Waals surface area contributed by atoms with Gasteiger partial charge in [-0.2, -0.15) is 0 Å². The Balaban J connectivity index is 2.08. The van der Waals surface area contributed by atoms with E-state index in [-0.39, 0.29) is 18.2 Å². The number of carbonyl (C=O) groups is 2. The number of methoxy groups -OCH3 is 1. The molecule has 1 amide bonds. The predicted molar refractivity (Wildman–Crippen MR) is 110 cm³/mol. The second-order valence-electron chi connectivity index (χ2n) is 6.99. The summed E-state index contributed by atoms with van der Waals surface area (Å²) < 4.78 is 5.09. The average Bonchev–Trinajstić information content (AvgIpc) is 2.68. The number of halogens is 1. The first-order valence-electron chi connectivity index (χ1n) is 9.37. The van der Waals surface area contributed by atoms with Gasteiger partial charge in [0.05, 0.1) is 19.2 Å². The molecule has 0 radical (unpaired) electrons. The van der Waals surface area contributed by atoms with E-state index < -0.39 is 5.97 Å². The number of rotatable bonds is 5. The average molecular weight is 398 g/mol. The van der Waals surface area contributed by atoms with Crippen molar-refractivity contribution in [3.05, 3.63) is 81.5 Å².